The van der Waals surface area contributed by atoms with Crippen LogP contribution in [0.3, 0.4) is 0 Å². The number of aryl methyl sites for hydroxylation is 4. The van der Waals surface area contributed by atoms with Gasteiger partial charge in [-0.05, 0) is 127 Å². The smallest absolute Gasteiger partial charge is 0.418 e. The molecule has 11 rings (SSSR count). The number of sulfonamides is 1. The zero-order valence-corrected chi connectivity index (χ0v) is 64.2. The van der Waals surface area contributed by atoms with Crippen molar-refractivity contribution in [2.75, 3.05) is 70.4 Å². The number of esters is 3. The van der Waals surface area contributed by atoms with Crippen molar-refractivity contribution >= 4 is 95.6 Å². The van der Waals surface area contributed by atoms with Gasteiger partial charge >= 0.3 is 24.1 Å². The van der Waals surface area contributed by atoms with E-state index in [1.54, 1.807) is 55.3 Å². The van der Waals surface area contributed by atoms with Gasteiger partial charge in [-0.3, -0.25) is 14.4 Å². The molecule has 1 unspecified atom stereocenters. The summed E-state index contributed by atoms with van der Waals surface area (Å²) in [6, 6.07) is 13.8. The van der Waals surface area contributed by atoms with Gasteiger partial charge in [-0.2, -0.15) is 37.9 Å². The first-order valence-corrected chi connectivity index (χ1v) is 37.2. The van der Waals surface area contributed by atoms with Crippen LogP contribution in [0.1, 0.15) is 118 Å². The maximum atomic E-state index is 13.5. The third-order valence-corrected chi connectivity index (χ3v) is 19.6. The normalized spacial score (nSPS) is 15.0. The fraction of sp³-hybridized carbons (Fsp3) is 0.420. The molecule has 0 fully saturated rings. The molecule has 0 aliphatic carbocycles. The number of pyridine rings is 1. The highest BCUT2D eigenvalue weighted by Crippen LogP contribution is 2.42. The van der Waals surface area contributed by atoms with Crippen molar-refractivity contribution in [3.63, 3.8) is 0 Å². The molecule has 0 saturated heterocycles. The summed E-state index contributed by atoms with van der Waals surface area (Å²) in [4.78, 5) is 78.9. The predicted octanol–water partition coefficient (Wildman–Crippen LogP) is 9.73. The van der Waals surface area contributed by atoms with E-state index < -0.39 is 77.0 Å². The molecule has 1 atom stereocenters. The highest BCUT2D eigenvalue weighted by Gasteiger charge is 2.50. The number of nitrogens with one attached hydrogen (secondary N) is 1. The topological polar surface area (TPSA) is 371 Å². The van der Waals surface area contributed by atoms with Gasteiger partial charge in [0.2, 0.25) is 29.4 Å². The van der Waals surface area contributed by atoms with Crippen LogP contribution < -0.4 is 34.2 Å². The Morgan fingerprint density at radius 2 is 1.48 bits per heavy atom. The third kappa shape index (κ3) is 18.1. The number of oxime groups is 1. The van der Waals surface area contributed by atoms with E-state index in [0.29, 0.717) is 89.4 Å². The number of nitrogens with zero attached hydrogens (tertiary/aromatic N) is 12. The van der Waals surface area contributed by atoms with Crippen LogP contribution in [0, 0.1) is 19.3 Å². The van der Waals surface area contributed by atoms with Crippen LogP contribution in [0.4, 0.5) is 24.8 Å². The van der Waals surface area contributed by atoms with Crippen molar-refractivity contribution in [2.45, 2.75) is 130 Å². The number of methoxy groups -OCH3 is 3. The van der Waals surface area contributed by atoms with E-state index in [4.69, 9.17) is 61.2 Å². The molecule has 0 radical (unpaired) electrons. The third-order valence-electron chi connectivity index (χ3n) is 16.6. The first kappa shape index (κ1) is 82.5. The molecule has 8 heterocycles. The number of carbonyl (C=O) groups is 4. The summed E-state index contributed by atoms with van der Waals surface area (Å²) in [5, 5.41) is 28.0. The predicted molar refractivity (Wildman–Crippen MR) is 386 cm³/mol. The Morgan fingerprint density at radius 3 is 2.03 bits per heavy atom. The van der Waals surface area contributed by atoms with Crippen molar-refractivity contribution in [1.29, 1.82) is 0 Å². The maximum absolute atomic E-state index is 13.5. The molecule has 5 aromatic heterocycles. The number of hydrazone groups is 1. The van der Waals surface area contributed by atoms with E-state index in [0.717, 1.165) is 53.6 Å². The van der Waals surface area contributed by atoms with Crippen molar-refractivity contribution in [3.05, 3.63) is 132 Å². The Balaban J connectivity index is 0.000000181. The molecule has 0 saturated carbocycles. The van der Waals surface area contributed by atoms with E-state index in [-0.39, 0.29) is 76.3 Å². The average molecular weight is 1570 g/mol. The lowest BCUT2D eigenvalue weighted by atomic mass is 9.91. The number of ketones is 1. The lowest BCUT2D eigenvalue weighted by Gasteiger charge is -2.32. The number of benzene rings is 3. The van der Waals surface area contributed by atoms with Crippen LogP contribution in [-0.4, -0.2) is 167 Å². The van der Waals surface area contributed by atoms with Crippen molar-refractivity contribution < 1.29 is 92.3 Å². The fourth-order valence-electron chi connectivity index (χ4n) is 11.4. The first-order chi connectivity index (χ1) is 50.3. The van der Waals surface area contributed by atoms with Gasteiger partial charge in [0.15, 0.2) is 26.1 Å². The molecular weight excluding hydrogens is 1490 g/mol. The van der Waals surface area contributed by atoms with Gasteiger partial charge in [-0.1, -0.05) is 59.9 Å². The number of sulfone groups is 1. The van der Waals surface area contributed by atoms with Gasteiger partial charge in [-0.25, -0.2) is 55.2 Å². The summed E-state index contributed by atoms with van der Waals surface area (Å²) >= 11 is 12.2. The second kappa shape index (κ2) is 33.7. The fourth-order valence-corrected chi connectivity index (χ4v) is 14.1. The molecule has 3 aromatic carbocycles. The molecule has 31 nitrogen and oxygen atoms in total. The minimum Gasteiger partial charge on any atom is -0.493 e. The maximum Gasteiger partial charge on any atom is 0.418 e. The molecular formula is C69H80Cl2F3N13O18S2. The lowest BCUT2D eigenvalue weighted by molar-refractivity contribution is -0.148. The first-order valence-electron chi connectivity index (χ1n) is 33.0. The number of aromatic nitrogens is 9. The Morgan fingerprint density at radius 1 is 0.813 bits per heavy atom. The van der Waals surface area contributed by atoms with E-state index in [1.165, 1.54) is 60.9 Å². The number of hydrogen-bond acceptors (Lipinski definition) is 26. The van der Waals surface area contributed by atoms with Crippen LogP contribution >= 0.6 is 23.2 Å². The average Bonchev–Trinajstić information content (AvgIpc) is 1.71. The van der Waals surface area contributed by atoms with Gasteiger partial charge < -0.3 is 43.1 Å². The molecule has 0 spiro atoms. The Kier molecular flexibility index (Phi) is 26.0. The SMILES string of the molecule is CCOC(=O)C1=NN(c2ccc(Cl)cc2Cl)C(C)(C(=O)OCC)C1.CCc1cc(C)cc(CC)c1-c1c(OC(=O)C(C)(C)C)n2n(c1=O)CCOCC2.COc1cc(OC)n2nc(NS(=O)(=O)c3c(C(F)(F)F)ccnc3OC)nc2n1.Cc1c(C(=O)c2cnn(C)c2O)ccc(S(C)(=O)=O)c1C1=NOCC1. The van der Waals surface area contributed by atoms with E-state index in [2.05, 4.69) is 68.3 Å². The van der Waals surface area contributed by atoms with Gasteiger partial charge in [0.1, 0.15) is 23.4 Å². The minimum absolute atomic E-state index is 0.0493. The number of hydrogen-bond donors (Lipinski definition) is 2. The van der Waals surface area contributed by atoms with E-state index in [9.17, 15) is 59.1 Å². The highest BCUT2D eigenvalue weighted by atomic mass is 35.5. The number of rotatable bonds is 19. The van der Waals surface area contributed by atoms with E-state index in [1.807, 2.05) is 25.5 Å². The lowest BCUT2D eigenvalue weighted by Crippen LogP contribution is -2.48. The number of aromatic hydroxyl groups is 1. The number of carbonyl (C=O) groups excluding carboxylic acids is 4. The zero-order chi connectivity index (χ0) is 79.0. The standard InChI is InChI=1S/C23H32N2O4.C16H18Cl2N2O4.C16H17N3O5S.C14H13F3N6O5S/c1-7-16-13-15(3)14-17(8-2)18(16)19-20(26)24-9-11-28-12-10-25(24)21(19)29-22(27)23(4,5)6;1-4-23-14(21)12-9-16(3,15(22)24-5-2)20(19-12)13-7-6-10(17)8-11(13)18;1-9-10(15(20)11-8-17-19(2)16(11)21)4-5-13(25(3,22)23)14(9)12-6-7-24-18-12;1-26-8-6-9(27-2)23-13(19-8)20-12(21-23)22-29(24,25)10-7(14(15,16)17)4-5-18-11(10)28-3/h13-14H,7-12H2,1-6H3;6-8H,4-5,9H2,1-3H3;4-5,8,21H,6-7H2,1-3H3;4-6H,1-3H3,(H,21,22). The molecule has 38 heteroatoms. The number of anilines is 2. The van der Waals surface area contributed by atoms with Gasteiger partial charge in [0, 0.05) is 48.5 Å². The monoisotopic (exact) mass is 1570 g/mol. The number of halogens is 5. The summed E-state index contributed by atoms with van der Waals surface area (Å²) in [5.41, 5.74) is 3.59. The minimum atomic E-state index is -4.98. The molecule has 0 amide bonds. The van der Waals surface area contributed by atoms with Crippen LogP contribution in [0.25, 0.3) is 16.9 Å². The van der Waals surface area contributed by atoms with Crippen molar-refractivity contribution in [1.82, 2.24) is 43.7 Å². The molecule has 3 aliphatic heterocycles. The molecule has 8 aromatic rings. The molecule has 0 bridgehead atoms. The number of fused-ring (bicyclic) bond motifs is 2. The van der Waals surface area contributed by atoms with Gasteiger partial charge in [0.25, 0.3) is 27.3 Å². The quantitative estimate of drug-likeness (QED) is 0.0561. The summed E-state index contributed by atoms with van der Waals surface area (Å²) in [6.45, 7) is 21.0. The summed E-state index contributed by atoms with van der Waals surface area (Å²) in [7, 11) is -3.20. The molecule has 2 N–H and O–H groups in total. The Bertz CT molecular complexity index is 5070. The highest BCUT2D eigenvalue weighted by molar-refractivity contribution is 7.93. The van der Waals surface area contributed by atoms with Gasteiger partial charge in [0.05, 0.1) is 105 Å². The Labute approximate surface area is 623 Å². The number of ether oxygens (including phenoxy) is 7. The molecule has 107 heavy (non-hydrogen) atoms. The Hall–Kier alpha value is -10.2. The van der Waals surface area contributed by atoms with Gasteiger partial charge in [-0.15, -0.1) is 5.10 Å². The van der Waals surface area contributed by atoms with Crippen LogP contribution in [0.2, 0.25) is 10.0 Å². The second-order valence-corrected chi connectivity index (χ2v) is 29.6. The van der Waals surface area contributed by atoms with E-state index >= 15 is 0 Å². The number of alkyl halides is 3. The van der Waals surface area contributed by atoms with Crippen LogP contribution in [0.5, 0.6) is 29.4 Å². The molecule has 3 aliphatic rings. The van der Waals surface area contributed by atoms with Crippen molar-refractivity contribution in [2.24, 2.45) is 22.7 Å². The van der Waals surface area contributed by atoms with Crippen LogP contribution in [0.15, 0.2) is 91.8 Å². The second-order valence-electron chi connectivity index (χ2n) is 25.1. The summed E-state index contributed by atoms with van der Waals surface area (Å²) in [6.07, 6.45) is 0.292. The zero-order valence-electron chi connectivity index (χ0n) is 61.1. The summed E-state index contributed by atoms with van der Waals surface area (Å²) < 4.78 is 134. The summed E-state index contributed by atoms with van der Waals surface area (Å²) in [5.74, 6) is -2.99. The molecule has 576 valence electrons. The van der Waals surface area contributed by atoms with Crippen LogP contribution in [-0.2, 0) is 92.4 Å². The largest absolute Gasteiger partial charge is 0.493 e. The van der Waals surface area contributed by atoms with Crippen molar-refractivity contribution in [3.8, 4) is 40.5 Å².